The fourth-order valence-corrected chi connectivity index (χ4v) is 3.07. The number of anilines is 1. The SMILES string of the molecule is CCc1nc(N(C)Cc2cccc(OC)c2)sc1CN. The van der Waals surface area contributed by atoms with Crippen molar-refractivity contribution < 1.29 is 4.74 Å². The highest BCUT2D eigenvalue weighted by Gasteiger charge is 2.12. The Morgan fingerprint density at radius 2 is 2.20 bits per heavy atom. The monoisotopic (exact) mass is 291 g/mol. The average Bonchev–Trinajstić information content (AvgIpc) is 2.90. The van der Waals surface area contributed by atoms with Crippen LogP contribution >= 0.6 is 11.3 Å². The van der Waals surface area contributed by atoms with Crippen molar-refractivity contribution in [2.45, 2.75) is 26.4 Å². The van der Waals surface area contributed by atoms with Crippen LogP contribution in [0.4, 0.5) is 5.13 Å². The van der Waals surface area contributed by atoms with E-state index in [4.69, 9.17) is 10.5 Å². The third kappa shape index (κ3) is 3.29. The van der Waals surface area contributed by atoms with Gasteiger partial charge in [0.05, 0.1) is 12.8 Å². The summed E-state index contributed by atoms with van der Waals surface area (Å²) in [4.78, 5) is 8.00. The summed E-state index contributed by atoms with van der Waals surface area (Å²) in [7, 11) is 3.74. The third-order valence-electron chi connectivity index (χ3n) is 3.17. The van der Waals surface area contributed by atoms with E-state index in [-0.39, 0.29) is 0 Å². The van der Waals surface area contributed by atoms with Crippen LogP contribution in [0.2, 0.25) is 0 Å². The molecule has 0 saturated carbocycles. The Morgan fingerprint density at radius 1 is 1.40 bits per heavy atom. The summed E-state index contributed by atoms with van der Waals surface area (Å²) in [5, 5.41) is 1.02. The zero-order chi connectivity index (χ0) is 14.5. The summed E-state index contributed by atoms with van der Waals surface area (Å²) in [6, 6.07) is 8.10. The van der Waals surface area contributed by atoms with Gasteiger partial charge in [0.15, 0.2) is 5.13 Å². The van der Waals surface area contributed by atoms with Crippen LogP contribution < -0.4 is 15.4 Å². The lowest BCUT2D eigenvalue weighted by Crippen LogP contribution is -2.16. The van der Waals surface area contributed by atoms with E-state index in [1.54, 1.807) is 18.4 Å². The minimum absolute atomic E-state index is 0.563. The average molecular weight is 291 g/mol. The van der Waals surface area contributed by atoms with Crippen molar-refractivity contribution in [1.29, 1.82) is 0 Å². The predicted octanol–water partition coefficient (Wildman–Crippen LogP) is 2.81. The maximum atomic E-state index is 5.77. The van der Waals surface area contributed by atoms with Gasteiger partial charge in [-0.15, -0.1) is 11.3 Å². The number of aromatic nitrogens is 1. The van der Waals surface area contributed by atoms with Crippen molar-refractivity contribution >= 4 is 16.5 Å². The van der Waals surface area contributed by atoms with Gasteiger partial charge in [0.1, 0.15) is 5.75 Å². The smallest absolute Gasteiger partial charge is 0.185 e. The van der Waals surface area contributed by atoms with Gasteiger partial charge in [-0.2, -0.15) is 0 Å². The molecule has 1 aromatic heterocycles. The molecule has 0 fully saturated rings. The summed E-state index contributed by atoms with van der Waals surface area (Å²) in [6.07, 6.45) is 0.927. The molecule has 0 aliphatic heterocycles. The third-order valence-corrected chi connectivity index (χ3v) is 4.40. The first-order chi connectivity index (χ1) is 9.67. The summed E-state index contributed by atoms with van der Waals surface area (Å²) >= 11 is 1.68. The number of nitrogens with zero attached hydrogens (tertiary/aromatic N) is 2. The maximum Gasteiger partial charge on any atom is 0.185 e. The van der Waals surface area contributed by atoms with E-state index in [0.717, 1.165) is 29.5 Å². The van der Waals surface area contributed by atoms with E-state index < -0.39 is 0 Å². The van der Waals surface area contributed by atoms with Crippen LogP contribution in [0, 0.1) is 0 Å². The van der Waals surface area contributed by atoms with E-state index >= 15 is 0 Å². The van der Waals surface area contributed by atoms with Gasteiger partial charge in [0.2, 0.25) is 0 Å². The van der Waals surface area contributed by atoms with Gasteiger partial charge < -0.3 is 15.4 Å². The molecular formula is C15H21N3OS. The first kappa shape index (κ1) is 14.8. The molecule has 2 N–H and O–H groups in total. The highest BCUT2D eigenvalue weighted by atomic mass is 32.1. The Balaban J connectivity index is 2.14. The van der Waals surface area contributed by atoms with Gasteiger partial charge in [-0.05, 0) is 24.1 Å². The van der Waals surface area contributed by atoms with Crippen LogP contribution in [0.1, 0.15) is 23.1 Å². The highest BCUT2D eigenvalue weighted by Crippen LogP contribution is 2.27. The molecule has 4 nitrogen and oxygen atoms in total. The van der Waals surface area contributed by atoms with E-state index in [0.29, 0.717) is 6.54 Å². The van der Waals surface area contributed by atoms with Gasteiger partial charge >= 0.3 is 0 Å². The highest BCUT2D eigenvalue weighted by molar-refractivity contribution is 7.15. The number of methoxy groups -OCH3 is 1. The van der Waals surface area contributed by atoms with Gasteiger partial charge in [-0.1, -0.05) is 19.1 Å². The van der Waals surface area contributed by atoms with Gasteiger partial charge in [0.25, 0.3) is 0 Å². The van der Waals surface area contributed by atoms with Crippen molar-refractivity contribution in [2.75, 3.05) is 19.1 Å². The summed E-state index contributed by atoms with van der Waals surface area (Å²) in [5.74, 6) is 0.881. The fourth-order valence-electron chi connectivity index (χ4n) is 2.08. The molecule has 0 radical (unpaired) electrons. The molecule has 0 unspecified atom stereocenters. The number of hydrogen-bond donors (Lipinski definition) is 1. The standard InChI is InChI=1S/C15H21N3OS/c1-4-13-14(9-16)20-15(17-13)18(2)10-11-6-5-7-12(8-11)19-3/h5-8H,4,9-10,16H2,1-3H3. The lowest BCUT2D eigenvalue weighted by molar-refractivity contribution is 0.414. The Hall–Kier alpha value is -1.59. The Labute approximate surface area is 124 Å². The fraction of sp³-hybridized carbons (Fsp3) is 0.400. The van der Waals surface area contributed by atoms with Crippen LogP contribution in [0.5, 0.6) is 5.75 Å². The predicted molar refractivity (Wildman–Crippen MR) is 84.5 cm³/mol. The van der Waals surface area contributed by atoms with E-state index in [1.807, 2.05) is 12.1 Å². The number of aryl methyl sites for hydroxylation is 1. The lowest BCUT2D eigenvalue weighted by atomic mass is 10.2. The molecule has 0 spiro atoms. The Kier molecular flexibility index (Phi) is 4.98. The molecule has 0 aliphatic rings. The van der Waals surface area contributed by atoms with Crippen molar-refractivity contribution in [3.8, 4) is 5.75 Å². The van der Waals surface area contributed by atoms with Gasteiger partial charge in [0, 0.05) is 25.0 Å². The maximum absolute atomic E-state index is 5.77. The van der Waals surface area contributed by atoms with Crippen LogP contribution in [0.25, 0.3) is 0 Å². The summed E-state index contributed by atoms with van der Waals surface area (Å²) in [5.41, 5.74) is 8.08. The number of benzene rings is 1. The molecule has 2 rings (SSSR count). The van der Waals surface area contributed by atoms with Crippen molar-refractivity contribution in [1.82, 2.24) is 4.98 Å². The van der Waals surface area contributed by atoms with Gasteiger partial charge in [-0.25, -0.2) is 4.98 Å². The molecule has 1 heterocycles. The van der Waals surface area contributed by atoms with E-state index in [2.05, 4.69) is 36.0 Å². The van der Waals surface area contributed by atoms with Crippen LogP contribution in [0.3, 0.4) is 0 Å². The van der Waals surface area contributed by atoms with Gasteiger partial charge in [-0.3, -0.25) is 0 Å². The number of rotatable bonds is 6. The number of nitrogens with two attached hydrogens (primary N) is 1. The zero-order valence-electron chi connectivity index (χ0n) is 12.2. The normalized spacial score (nSPS) is 10.6. The molecule has 0 bridgehead atoms. The second-order valence-electron chi connectivity index (χ2n) is 4.63. The van der Waals surface area contributed by atoms with Crippen molar-refractivity contribution in [3.05, 3.63) is 40.4 Å². The first-order valence-electron chi connectivity index (χ1n) is 6.70. The van der Waals surface area contributed by atoms with Crippen LogP contribution in [-0.4, -0.2) is 19.1 Å². The lowest BCUT2D eigenvalue weighted by Gasteiger charge is -2.16. The van der Waals surface area contributed by atoms with E-state index in [1.165, 1.54) is 10.4 Å². The molecule has 108 valence electrons. The molecule has 0 saturated heterocycles. The van der Waals surface area contributed by atoms with Crippen molar-refractivity contribution in [2.24, 2.45) is 5.73 Å². The van der Waals surface area contributed by atoms with Crippen LogP contribution in [0.15, 0.2) is 24.3 Å². The topological polar surface area (TPSA) is 51.4 Å². The van der Waals surface area contributed by atoms with Crippen molar-refractivity contribution in [3.63, 3.8) is 0 Å². The Bertz CT molecular complexity index is 546. The molecule has 0 atom stereocenters. The second kappa shape index (κ2) is 6.72. The summed E-state index contributed by atoms with van der Waals surface area (Å²) < 4.78 is 5.25. The number of thiazole rings is 1. The number of ether oxygens (including phenoxy) is 1. The number of hydrogen-bond acceptors (Lipinski definition) is 5. The quantitative estimate of drug-likeness (QED) is 0.889. The molecule has 20 heavy (non-hydrogen) atoms. The first-order valence-corrected chi connectivity index (χ1v) is 7.52. The Morgan fingerprint density at radius 3 is 2.80 bits per heavy atom. The second-order valence-corrected chi connectivity index (χ2v) is 5.69. The zero-order valence-corrected chi connectivity index (χ0v) is 13.0. The molecule has 2 aromatic rings. The minimum Gasteiger partial charge on any atom is -0.497 e. The molecular weight excluding hydrogens is 270 g/mol. The molecule has 5 heteroatoms. The molecule has 0 aliphatic carbocycles. The molecule has 1 aromatic carbocycles. The largest absolute Gasteiger partial charge is 0.497 e. The minimum atomic E-state index is 0.563. The molecule has 0 amide bonds. The van der Waals surface area contributed by atoms with Crippen LogP contribution in [-0.2, 0) is 19.5 Å². The summed E-state index contributed by atoms with van der Waals surface area (Å²) in [6.45, 7) is 3.48. The van der Waals surface area contributed by atoms with E-state index in [9.17, 15) is 0 Å².